The number of hydrogen-bond acceptors (Lipinski definition) is 6. The van der Waals surface area contributed by atoms with Crippen molar-refractivity contribution in [2.45, 2.75) is 38.5 Å². The van der Waals surface area contributed by atoms with E-state index in [4.69, 9.17) is 14.8 Å². The second kappa shape index (κ2) is 11.9. The van der Waals surface area contributed by atoms with Gasteiger partial charge in [0.05, 0.1) is 43.0 Å². The van der Waals surface area contributed by atoms with Gasteiger partial charge in [-0.15, -0.1) is 10.3 Å². The number of pyridine rings is 1. The number of hydrazone groups is 1. The van der Waals surface area contributed by atoms with Crippen LogP contribution >= 0.6 is 10.3 Å². The SMILES string of the molecule is COc1cc(/C(=N/N)c2cccn(C(COS(C)(C)C(C)(C)C)c3ccc(F)cc3)c2=O)ccc1-n1cnc(C)c1. The van der Waals surface area contributed by atoms with Gasteiger partial charge >= 0.3 is 0 Å². The lowest BCUT2D eigenvalue weighted by Crippen LogP contribution is -2.34. The van der Waals surface area contributed by atoms with Gasteiger partial charge in [-0.3, -0.25) is 4.79 Å². The number of aryl methyl sites for hydroxylation is 1. The zero-order chi connectivity index (χ0) is 29.9. The fourth-order valence-corrected chi connectivity index (χ4v) is 5.08. The van der Waals surface area contributed by atoms with E-state index in [0.29, 0.717) is 22.6 Å². The predicted octanol–water partition coefficient (Wildman–Crippen LogP) is 5.58. The fraction of sp³-hybridized carbons (Fsp3) is 0.323. The molecule has 0 bridgehead atoms. The van der Waals surface area contributed by atoms with Crippen LogP contribution in [0.1, 0.15) is 49.2 Å². The molecule has 0 spiro atoms. The summed E-state index contributed by atoms with van der Waals surface area (Å²) < 4.78 is 29.4. The van der Waals surface area contributed by atoms with Gasteiger partial charge in [0.25, 0.3) is 5.56 Å². The average molecular weight is 580 g/mol. The van der Waals surface area contributed by atoms with E-state index in [9.17, 15) is 9.18 Å². The maximum Gasteiger partial charge on any atom is 0.260 e. The molecule has 218 valence electrons. The molecule has 0 saturated carbocycles. The molecule has 2 N–H and O–H groups in total. The van der Waals surface area contributed by atoms with Gasteiger partial charge in [0.2, 0.25) is 0 Å². The van der Waals surface area contributed by atoms with Crippen molar-refractivity contribution in [3.05, 3.63) is 112 Å². The van der Waals surface area contributed by atoms with E-state index in [1.165, 1.54) is 12.1 Å². The lowest BCUT2D eigenvalue weighted by molar-refractivity contribution is 0.293. The monoisotopic (exact) mass is 579 g/mol. The van der Waals surface area contributed by atoms with Crippen LogP contribution in [-0.2, 0) is 4.18 Å². The average Bonchev–Trinajstić information content (AvgIpc) is 3.36. The summed E-state index contributed by atoms with van der Waals surface area (Å²) in [4.78, 5) is 18.3. The van der Waals surface area contributed by atoms with Crippen molar-refractivity contribution in [2.75, 3.05) is 26.2 Å². The molecule has 2 aromatic carbocycles. The lowest BCUT2D eigenvalue weighted by atomic mass is 10.0. The van der Waals surface area contributed by atoms with E-state index >= 15 is 0 Å². The summed E-state index contributed by atoms with van der Waals surface area (Å²) in [5.74, 6) is 6.11. The van der Waals surface area contributed by atoms with E-state index in [2.05, 4.69) is 43.4 Å². The summed E-state index contributed by atoms with van der Waals surface area (Å²) in [5.41, 5.74) is 3.36. The van der Waals surface area contributed by atoms with E-state index in [0.717, 1.165) is 16.9 Å². The second-order valence-electron chi connectivity index (χ2n) is 11.1. The number of hydrogen-bond donors (Lipinski definition) is 1. The number of halogens is 1. The minimum absolute atomic E-state index is 0.0762. The number of benzene rings is 2. The summed E-state index contributed by atoms with van der Waals surface area (Å²) in [6, 6.07) is 14.6. The lowest BCUT2D eigenvalue weighted by Gasteiger charge is -2.44. The number of nitrogens with zero attached hydrogens (tertiary/aromatic N) is 4. The molecule has 1 unspecified atom stereocenters. The predicted molar refractivity (Wildman–Crippen MR) is 165 cm³/mol. The Hall–Kier alpha value is -3.89. The van der Waals surface area contributed by atoms with Crippen molar-refractivity contribution in [2.24, 2.45) is 10.9 Å². The largest absolute Gasteiger partial charge is 0.495 e. The molecule has 0 radical (unpaired) electrons. The number of aromatic nitrogens is 3. The van der Waals surface area contributed by atoms with E-state index in [1.807, 2.05) is 29.8 Å². The van der Waals surface area contributed by atoms with Crippen molar-refractivity contribution < 1.29 is 13.3 Å². The Balaban J connectivity index is 1.77. The molecule has 8 nitrogen and oxygen atoms in total. The van der Waals surface area contributed by atoms with Crippen LogP contribution in [0.3, 0.4) is 0 Å². The Morgan fingerprint density at radius 3 is 2.44 bits per heavy atom. The van der Waals surface area contributed by atoms with Gasteiger partial charge in [-0.2, -0.15) is 5.10 Å². The molecule has 1 atom stereocenters. The highest BCUT2D eigenvalue weighted by Crippen LogP contribution is 2.54. The summed E-state index contributed by atoms with van der Waals surface area (Å²) >= 11 is 0. The van der Waals surface area contributed by atoms with Gasteiger partial charge in [0.1, 0.15) is 17.3 Å². The molecule has 4 aromatic rings. The summed E-state index contributed by atoms with van der Waals surface area (Å²) in [5, 5.41) is 4.03. The van der Waals surface area contributed by atoms with Crippen LogP contribution < -0.4 is 16.1 Å². The van der Waals surface area contributed by atoms with Crippen molar-refractivity contribution in [1.29, 1.82) is 0 Å². The van der Waals surface area contributed by atoms with Gasteiger partial charge in [-0.1, -0.05) is 39.0 Å². The molecule has 10 heteroatoms. The topological polar surface area (TPSA) is 96.7 Å². The zero-order valence-electron chi connectivity index (χ0n) is 24.6. The molecule has 0 fully saturated rings. The molecule has 0 aliphatic rings. The summed E-state index contributed by atoms with van der Waals surface area (Å²) in [6.07, 6.45) is 9.53. The van der Waals surface area contributed by atoms with Gasteiger partial charge in [0, 0.05) is 22.7 Å². The zero-order valence-corrected chi connectivity index (χ0v) is 25.4. The Bertz CT molecular complexity index is 1600. The second-order valence-corrected chi connectivity index (χ2v) is 15.0. The van der Waals surface area contributed by atoms with Crippen LogP contribution in [0.25, 0.3) is 5.69 Å². The standard InChI is InChI=1S/C31H38FN5O3S/c1-21-18-36(20-34-21)26-15-12-23(17-28(26)39-5)29(35-33)25-9-8-16-37(30(25)38)27(22-10-13-24(32)14-11-22)19-40-41(6,7)31(2,3)4/h8-18,20,27H,19,33H2,1-7H3/b35-29-. The molecule has 0 saturated heterocycles. The molecule has 0 aliphatic carbocycles. The maximum absolute atomic E-state index is 14.1. The Morgan fingerprint density at radius 1 is 1.15 bits per heavy atom. The van der Waals surface area contributed by atoms with Crippen LogP contribution in [0.2, 0.25) is 0 Å². The first-order valence-corrected chi connectivity index (χ1v) is 15.5. The minimum Gasteiger partial charge on any atom is -0.495 e. The smallest absolute Gasteiger partial charge is 0.260 e. The van der Waals surface area contributed by atoms with E-state index in [-0.39, 0.29) is 22.7 Å². The maximum atomic E-state index is 14.1. The van der Waals surface area contributed by atoms with Crippen molar-refractivity contribution >= 4 is 16.0 Å². The van der Waals surface area contributed by atoms with Gasteiger partial charge in [0.15, 0.2) is 0 Å². The number of nitrogens with two attached hydrogens (primary N) is 1. The highest BCUT2D eigenvalue weighted by atomic mass is 32.3. The minimum atomic E-state index is -1.49. The number of rotatable bonds is 9. The highest BCUT2D eigenvalue weighted by Gasteiger charge is 2.31. The molecular weight excluding hydrogens is 541 g/mol. The summed E-state index contributed by atoms with van der Waals surface area (Å²) in [6.45, 7) is 8.56. The third-order valence-electron chi connectivity index (χ3n) is 7.39. The van der Waals surface area contributed by atoms with Gasteiger partial charge in [-0.05, 0) is 61.4 Å². The molecule has 4 rings (SSSR count). The quantitative estimate of drug-likeness (QED) is 0.159. The molecule has 2 aromatic heterocycles. The van der Waals surface area contributed by atoms with Crippen LogP contribution in [0.5, 0.6) is 5.75 Å². The Kier molecular flexibility index (Phi) is 8.74. The van der Waals surface area contributed by atoms with E-state index in [1.54, 1.807) is 54.5 Å². The number of imidazole rings is 1. The Morgan fingerprint density at radius 2 is 1.85 bits per heavy atom. The fourth-order valence-electron chi connectivity index (χ4n) is 4.26. The molecule has 2 heterocycles. The van der Waals surface area contributed by atoms with E-state index < -0.39 is 16.4 Å². The molecular formula is C31H38FN5O3S. The first-order chi connectivity index (χ1) is 19.4. The molecule has 0 aliphatic heterocycles. The van der Waals surface area contributed by atoms with Crippen LogP contribution in [0.4, 0.5) is 4.39 Å². The third-order valence-corrected chi connectivity index (χ3v) is 11.1. The first-order valence-electron chi connectivity index (χ1n) is 13.2. The molecule has 41 heavy (non-hydrogen) atoms. The summed E-state index contributed by atoms with van der Waals surface area (Å²) in [7, 11) is 0.0882. The normalized spacial score (nSPS) is 13.7. The number of methoxy groups -OCH3 is 1. The van der Waals surface area contributed by atoms with Crippen molar-refractivity contribution in [3.63, 3.8) is 0 Å². The van der Waals surface area contributed by atoms with Crippen LogP contribution in [0, 0.1) is 12.7 Å². The van der Waals surface area contributed by atoms with Gasteiger partial charge < -0.3 is 23.9 Å². The highest BCUT2D eigenvalue weighted by molar-refractivity contribution is 8.29. The van der Waals surface area contributed by atoms with Crippen LogP contribution in [0.15, 0.2) is 83.2 Å². The van der Waals surface area contributed by atoms with Crippen molar-refractivity contribution in [1.82, 2.24) is 14.1 Å². The first kappa shape index (κ1) is 30.1. The molecule has 0 amide bonds. The Labute approximate surface area is 242 Å². The van der Waals surface area contributed by atoms with Crippen LogP contribution in [-0.4, -0.2) is 50.8 Å². The van der Waals surface area contributed by atoms with Gasteiger partial charge in [-0.25, -0.2) is 9.37 Å². The number of ether oxygens (including phenoxy) is 1. The van der Waals surface area contributed by atoms with Crippen molar-refractivity contribution in [3.8, 4) is 11.4 Å². The third kappa shape index (κ3) is 6.39.